The quantitative estimate of drug-likeness (QED) is 0.349. The molecular formula is C10H19NO6. The Balaban J connectivity index is 3.36. The van der Waals surface area contributed by atoms with Crippen LogP contribution in [0.15, 0.2) is 0 Å². The standard InChI is InChI=1S/C10H19NO6/c1-15-4-5-17-7-6-16-3-2-9(10(13)14)11-8-12/h8-9H,2-7H2,1H3,(H,11,12)(H,13,14). The van der Waals surface area contributed by atoms with Gasteiger partial charge in [0.25, 0.3) is 0 Å². The molecule has 0 saturated heterocycles. The second-order valence-electron chi connectivity index (χ2n) is 3.18. The van der Waals surface area contributed by atoms with Crippen LogP contribution in [-0.2, 0) is 23.8 Å². The van der Waals surface area contributed by atoms with Crippen LogP contribution >= 0.6 is 0 Å². The van der Waals surface area contributed by atoms with Gasteiger partial charge in [0.2, 0.25) is 6.41 Å². The maximum absolute atomic E-state index is 10.6. The summed E-state index contributed by atoms with van der Waals surface area (Å²) in [7, 11) is 1.59. The summed E-state index contributed by atoms with van der Waals surface area (Å²) in [4.78, 5) is 20.7. The molecule has 0 fully saturated rings. The fourth-order valence-electron chi connectivity index (χ4n) is 1.03. The van der Waals surface area contributed by atoms with Gasteiger partial charge in [-0.15, -0.1) is 0 Å². The van der Waals surface area contributed by atoms with Crippen molar-refractivity contribution < 1.29 is 28.9 Å². The van der Waals surface area contributed by atoms with Gasteiger partial charge in [-0.1, -0.05) is 0 Å². The number of carbonyl (C=O) groups excluding carboxylic acids is 1. The summed E-state index contributed by atoms with van der Waals surface area (Å²) in [5.41, 5.74) is 0. The molecule has 0 radical (unpaired) electrons. The summed E-state index contributed by atoms with van der Waals surface area (Å²) in [6.45, 7) is 2.11. The van der Waals surface area contributed by atoms with Gasteiger partial charge in [-0.2, -0.15) is 0 Å². The number of carboxylic acids is 1. The van der Waals surface area contributed by atoms with Crippen molar-refractivity contribution in [3.8, 4) is 0 Å². The predicted molar refractivity (Wildman–Crippen MR) is 58.8 cm³/mol. The SMILES string of the molecule is COCCOCCOCCC(NC=O)C(=O)O. The zero-order valence-electron chi connectivity index (χ0n) is 9.89. The van der Waals surface area contributed by atoms with Crippen molar-refractivity contribution in [2.75, 3.05) is 40.1 Å². The van der Waals surface area contributed by atoms with Crippen LogP contribution in [0.3, 0.4) is 0 Å². The van der Waals surface area contributed by atoms with E-state index in [4.69, 9.17) is 19.3 Å². The lowest BCUT2D eigenvalue weighted by Gasteiger charge is -2.11. The van der Waals surface area contributed by atoms with Gasteiger partial charge in [-0.05, 0) is 0 Å². The molecule has 2 N–H and O–H groups in total. The third-order valence-electron chi connectivity index (χ3n) is 1.92. The fourth-order valence-corrected chi connectivity index (χ4v) is 1.03. The molecule has 0 rings (SSSR count). The molecule has 0 aromatic carbocycles. The van der Waals surface area contributed by atoms with Gasteiger partial charge in [0.15, 0.2) is 0 Å². The minimum Gasteiger partial charge on any atom is -0.480 e. The average molecular weight is 249 g/mol. The van der Waals surface area contributed by atoms with Crippen molar-refractivity contribution in [1.29, 1.82) is 0 Å². The van der Waals surface area contributed by atoms with E-state index in [-0.39, 0.29) is 13.0 Å². The van der Waals surface area contributed by atoms with Crippen LogP contribution in [0.5, 0.6) is 0 Å². The van der Waals surface area contributed by atoms with Crippen molar-refractivity contribution in [2.45, 2.75) is 12.5 Å². The number of rotatable bonds is 12. The zero-order chi connectivity index (χ0) is 12.9. The predicted octanol–water partition coefficient (Wildman–Crippen LogP) is -0.745. The molecule has 0 aromatic rings. The van der Waals surface area contributed by atoms with E-state index in [0.717, 1.165) is 0 Å². The highest BCUT2D eigenvalue weighted by Gasteiger charge is 2.15. The molecule has 0 saturated carbocycles. The van der Waals surface area contributed by atoms with Crippen LogP contribution in [0.1, 0.15) is 6.42 Å². The van der Waals surface area contributed by atoms with E-state index >= 15 is 0 Å². The van der Waals surface area contributed by atoms with Crippen molar-refractivity contribution in [3.63, 3.8) is 0 Å². The zero-order valence-corrected chi connectivity index (χ0v) is 9.89. The van der Waals surface area contributed by atoms with Crippen LogP contribution in [0.4, 0.5) is 0 Å². The number of ether oxygens (including phenoxy) is 3. The fraction of sp³-hybridized carbons (Fsp3) is 0.800. The number of carbonyl (C=O) groups is 2. The second kappa shape index (κ2) is 11.3. The Morgan fingerprint density at radius 2 is 1.82 bits per heavy atom. The van der Waals surface area contributed by atoms with E-state index in [0.29, 0.717) is 32.8 Å². The summed E-state index contributed by atoms with van der Waals surface area (Å²) in [6, 6.07) is -0.901. The number of hydrogen-bond acceptors (Lipinski definition) is 5. The topological polar surface area (TPSA) is 94.1 Å². The molecule has 7 heteroatoms. The largest absolute Gasteiger partial charge is 0.480 e. The first-order valence-electron chi connectivity index (χ1n) is 5.29. The number of methoxy groups -OCH3 is 1. The van der Waals surface area contributed by atoms with Crippen molar-refractivity contribution in [3.05, 3.63) is 0 Å². The van der Waals surface area contributed by atoms with Gasteiger partial charge in [-0.25, -0.2) is 4.79 Å². The third kappa shape index (κ3) is 9.73. The van der Waals surface area contributed by atoms with Gasteiger partial charge in [-0.3, -0.25) is 4.79 Å². The molecule has 17 heavy (non-hydrogen) atoms. The Morgan fingerprint density at radius 3 is 2.35 bits per heavy atom. The number of hydrogen-bond donors (Lipinski definition) is 2. The molecule has 1 atom stereocenters. The average Bonchev–Trinajstić information content (AvgIpc) is 2.31. The van der Waals surface area contributed by atoms with Crippen LogP contribution in [0, 0.1) is 0 Å². The van der Waals surface area contributed by atoms with Gasteiger partial charge in [0.1, 0.15) is 6.04 Å². The van der Waals surface area contributed by atoms with E-state index in [9.17, 15) is 9.59 Å². The van der Waals surface area contributed by atoms with E-state index in [2.05, 4.69) is 5.32 Å². The third-order valence-corrected chi connectivity index (χ3v) is 1.92. The maximum atomic E-state index is 10.6. The minimum atomic E-state index is -1.07. The monoisotopic (exact) mass is 249 g/mol. The highest BCUT2D eigenvalue weighted by molar-refractivity contribution is 5.76. The highest BCUT2D eigenvalue weighted by atomic mass is 16.5. The van der Waals surface area contributed by atoms with Crippen LogP contribution in [0.2, 0.25) is 0 Å². The summed E-state index contributed by atoms with van der Waals surface area (Å²) in [5.74, 6) is -1.07. The first kappa shape index (κ1) is 15.8. The molecule has 0 aliphatic rings. The maximum Gasteiger partial charge on any atom is 0.326 e. The molecule has 0 spiro atoms. The minimum absolute atomic E-state index is 0.228. The Labute approximate surface area is 100 Å². The van der Waals surface area contributed by atoms with Gasteiger partial charge < -0.3 is 24.6 Å². The summed E-state index contributed by atoms with van der Waals surface area (Å²) >= 11 is 0. The lowest BCUT2D eigenvalue weighted by atomic mass is 10.2. The molecule has 1 amide bonds. The Hall–Kier alpha value is -1.18. The molecule has 0 bridgehead atoms. The van der Waals surface area contributed by atoms with Crippen LogP contribution in [-0.4, -0.2) is 63.7 Å². The molecule has 100 valence electrons. The lowest BCUT2D eigenvalue weighted by Crippen LogP contribution is -2.36. The van der Waals surface area contributed by atoms with Gasteiger partial charge in [0.05, 0.1) is 26.4 Å². The first-order chi connectivity index (χ1) is 8.22. The highest BCUT2D eigenvalue weighted by Crippen LogP contribution is 1.92. The summed E-state index contributed by atoms with van der Waals surface area (Å²) < 4.78 is 15.1. The van der Waals surface area contributed by atoms with E-state index < -0.39 is 12.0 Å². The number of carboxylic acid groups (broad SMARTS) is 1. The van der Waals surface area contributed by atoms with Crippen molar-refractivity contribution >= 4 is 12.4 Å². The Morgan fingerprint density at radius 1 is 1.24 bits per heavy atom. The molecular weight excluding hydrogens is 230 g/mol. The normalized spacial score (nSPS) is 12.1. The molecule has 0 heterocycles. The Bertz CT molecular complexity index is 211. The second-order valence-corrected chi connectivity index (χ2v) is 3.18. The Kier molecular flexibility index (Phi) is 10.5. The van der Waals surface area contributed by atoms with Crippen molar-refractivity contribution in [1.82, 2.24) is 5.32 Å². The van der Waals surface area contributed by atoms with Crippen LogP contribution < -0.4 is 5.32 Å². The van der Waals surface area contributed by atoms with E-state index in [1.54, 1.807) is 7.11 Å². The summed E-state index contributed by atoms with van der Waals surface area (Å²) in [6.07, 6.45) is 0.596. The van der Waals surface area contributed by atoms with E-state index in [1.165, 1.54) is 0 Å². The molecule has 0 aliphatic carbocycles. The number of aliphatic carboxylic acids is 1. The van der Waals surface area contributed by atoms with Gasteiger partial charge in [0, 0.05) is 20.1 Å². The van der Waals surface area contributed by atoms with Gasteiger partial charge >= 0.3 is 5.97 Å². The summed E-state index contributed by atoms with van der Waals surface area (Å²) in [5, 5.41) is 10.9. The molecule has 1 unspecified atom stereocenters. The number of amides is 1. The molecule has 7 nitrogen and oxygen atoms in total. The first-order valence-corrected chi connectivity index (χ1v) is 5.29. The van der Waals surface area contributed by atoms with Crippen LogP contribution in [0.25, 0.3) is 0 Å². The molecule has 0 aliphatic heterocycles. The van der Waals surface area contributed by atoms with Crippen molar-refractivity contribution in [2.24, 2.45) is 0 Å². The number of nitrogens with one attached hydrogen (secondary N) is 1. The lowest BCUT2D eigenvalue weighted by molar-refractivity contribution is -0.141. The smallest absolute Gasteiger partial charge is 0.326 e. The van der Waals surface area contributed by atoms with E-state index in [1.807, 2.05) is 0 Å². The molecule has 0 aromatic heterocycles.